The molecule has 1 fully saturated rings. The van der Waals surface area contributed by atoms with Gasteiger partial charge in [-0.2, -0.15) is 5.26 Å². The van der Waals surface area contributed by atoms with Crippen molar-refractivity contribution in [1.82, 2.24) is 14.9 Å². The monoisotopic (exact) mass is 460 g/mol. The highest BCUT2D eigenvalue weighted by molar-refractivity contribution is 5.67. The molecule has 0 amide bonds. The van der Waals surface area contributed by atoms with Gasteiger partial charge in [-0.1, -0.05) is 48.6 Å². The van der Waals surface area contributed by atoms with Gasteiger partial charge >= 0.3 is 0 Å². The summed E-state index contributed by atoms with van der Waals surface area (Å²) in [4.78, 5) is 4.15. The molecule has 3 aromatic rings. The van der Waals surface area contributed by atoms with E-state index in [4.69, 9.17) is 5.26 Å². The SMILES string of the molecule is CC(O)c1nccn1C(/C=C/c1ccc(-c2ccc(C3CC(NCC#N)C3)cc2F)cc1)CO. The maximum Gasteiger partial charge on any atom is 0.137 e. The minimum absolute atomic E-state index is 0.127. The first-order valence-corrected chi connectivity index (χ1v) is 11.5. The normalized spacial score (nSPS) is 19.5. The summed E-state index contributed by atoms with van der Waals surface area (Å²) < 4.78 is 16.6. The molecule has 2 aromatic carbocycles. The molecule has 0 saturated heterocycles. The molecule has 1 aliphatic carbocycles. The van der Waals surface area contributed by atoms with Crippen molar-refractivity contribution in [1.29, 1.82) is 5.26 Å². The third-order valence-corrected chi connectivity index (χ3v) is 6.42. The number of nitrogens with one attached hydrogen (secondary N) is 1. The summed E-state index contributed by atoms with van der Waals surface area (Å²) in [7, 11) is 0. The lowest BCUT2D eigenvalue weighted by molar-refractivity contribution is 0.175. The molecule has 1 saturated carbocycles. The minimum atomic E-state index is -0.732. The molecule has 0 radical (unpaired) electrons. The molecule has 1 heterocycles. The quantitative estimate of drug-likeness (QED) is 0.413. The lowest BCUT2D eigenvalue weighted by Crippen LogP contribution is -2.40. The highest BCUT2D eigenvalue weighted by Crippen LogP contribution is 2.38. The number of benzene rings is 2. The van der Waals surface area contributed by atoms with Gasteiger partial charge in [0.05, 0.1) is 25.3 Å². The minimum Gasteiger partial charge on any atom is -0.394 e. The molecule has 4 rings (SSSR count). The van der Waals surface area contributed by atoms with Crippen LogP contribution in [0.3, 0.4) is 0 Å². The van der Waals surface area contributed by atoms with Crippen molar-refractivity contribution >= 4 is 6.08 Å². The highest BCUT2D eigenvalue weighted by atomic mass is 19.1. The fourth-order valence-corrected chi connectivity index (χ4v) is 4.43. The van der Waals surface area contributed by atoms with E-state index in [0.717, 1.165) is 29.5 Å². The maximum atomic E-state index is 14.9. The highest BCUT2D eigenvalue weighted by Gasteiger charge is 2.30. The number of imidazole rings is 1. The van der Waals surface area contributed by atoms with E-state index in [1.54, 1.807) is 30.0 Å². The predicted molar refractivity (Wildman–Crippen MR) is 129 cm³/mol. The summed E-state index contributed by atoms with van der Waals surface area (Å²) in [5.41, 5.74) is 3.28. The Morgan fingerprint density at radius 2 is 2.03 bits per heavy atom. The fraction of sp³-hybridized carbons (Fsp3) is 0.333. The number of hydrogen-bond acceptors (Lipinski definition) is 5. The zero-order valence-electron chi connectivity index (χ0n) is 19.1. The van der Waals surface area contributed by atoms with Gasteiger partial charge in [-0.3, -0.25) is 0 Å². The first-order valence-electron chi connectivity index (χ1n) is 11.5. The standard InChI is InChI=1S/C27H29FN4O2/c1-18(34)27-31-12-13-32(27)24(17-33)8-4-19-2-5-20(6-3-19)25-9-7-21(16-26(25)28)22-14-23(15-22)30-11-10-29/h2-9,12-13,16,18,22-24,30,33-34H,11,14-15,17H2,1H3/b8-4+. The summed E-state index contributed by atoms with van der Waals surface area (Å²) in [5, 5.41) is 31.5. The Balaban J connectivity index is 1.42. The van der Waals surface area contributed by atoms with Gasteiger partial charge in [0, 0.05) is 24.0 Å². The van der Waals surface area contributed by atoms with Crippen molar-refractivity contribution in [2.45, 2.75) is 43.9 Å². The van der Waals surface area contributed by atoms with E-state index in [9.17, 15) is 14.6 Å². The van der Waals surface area contributed by atoms with Crippen LogP contribution >= 0.6 is 0 Å². The van der Waals surface area contributed by atoms with E-state index in [2.05, 4.69) is 16.4 Å². The molecular weight excluding hydrogens is 431 g/mol. The first-order chi connectivity index (χ1) is 16.5. The van der Waals surface area contributed by atoms with Crippen LogP contribution in [0, 0.1) is 17.1 Å². The Morgan fingerprint density at radius 1 is 1.26 bits per heavy atom. The van der Waals surface area contributed by atoms with E-state index in [1.807, 2.05) is 48.6 Å². The molecule has 176 valence electrons. The van der Waals surface area contributed by atoms with Crippen LogP contribution in [-0.4, -0.2) is 39.0 Å². The van der Waals surface area contributed by atoms with Crippen molar-refractivity contribution in [2.24, 2.45) is 0 Å². The molecule has 0 spiro atoms. The molecule has 2 unspecified atom stereocenters. The number of hydrogen-bond donors (Lipinski definition) is 3. The van der Waals surface area contributed by atoms with Crippen LogP contribution in [0.25, 0.3) is 17.2 Å². The van der Waals surface area contributed by atoms with E-state index in [-0.39, 0.29) is 18.5 Å². The number of rotatable bonds is 9. The van der Waals surface area contributed by atoms with Crippen molar-refractivity contribution in [2.75, 3.05) is 13.2 Å². The van der Waals surface area contributed by atoms with Gasteiger partial charge in [-0.25, -0.2) is 9.37 Å². The third kappa shape index (κ3) is 5.26. The van der Waals surface area contributed by atoms with Gasteiger partial charge in [-0.05, 0) is 48.4 Å². The van der Waals surface area contributed by atoms with Gasteiger partial charge < -0.3 is 20.1 Å². The summed E-state index contributed by atoms with van der Waals surface area (Å²) >= 11 is 0. The number of aliphatic hydroxyl groups excluding tert-OH is 2. The van der Waals surface area contributed by atoms with Crippen LogP contribution in [0.5, 0.6) is 0 Å². The summed E-state index contributed by atoms with van der Waals surface area (Å²) in [6.45, 7) is 1.86. The van der Waals surface area contributed by atoms with Gasteiger partial charge in [0.25, 0.3) is 0 Å². The van der Waals surface area contributed by atoms with Crippen LogP contribution in [0.2, 0.25) is 0 Å². The maximum absolute atomic E-state index is 14.9. The fourth-order valence-electron chi connectivity index (χ4n) is 4.43. The average molecular weight is 461 g/mol. The van der Waals surface area contributed by atoms with Crippen molar-refractivity contribution in [3.8, 4) is 17.2 Å². The van der Waals surface area contributed by atoms with Crippen LogP contribution in [0.4, 0.5) is 4.39 Å². The average Bonchev–Trinajstić information content (AvgIpc) is 3.29. The van der Waals surface area contributed by atoms with Crippen molar-refractivity contribution in [3.05, 3.63) is 83.7 Å². The Kier molecular flexibility index (Phi) is 7.53. The van der Waals surface area contributed by atoms with Crippen LogP contribution in [0.15, 0.2) is 60.9 Å². The largest absolute Gasteiger partial charge is 0.394 e. The number of aliphatic hydroxyl groups is 2. The second-order valence-corrected chi connectivity index (χ2v) is 8.74. The van der Waals surface area contributed by atoms with Gasteiger partial charge in [-0.15, -0.1) is 0 Å². The lowest BCUT2D eigenvalue weighted by atomic mass is 9.75. The molecule has 0 bridgehead atoms. The Labute approximate surface area is 199 Å². The number of halogens is 1. The zero-order chi connectivity index (χ0) is 24.1. The van der Waals surface area contributed by atoms with Crippen molar-refractivity contribution in [3.63, 3.8) is 0 Å². The first kappa shape index (κ1) is 23.8. The van der Waals surface area contributed by atoms with Gasteiger partial charge in [0.1, 0.15) is 17.7 Å². The molecule has 7 heteroatoms. The zero-order valence-corrected chi connectivity index (χ0v) is 19.1. The molecule has 3 N–H and O–H groups in total. The number of aromatic nitrogens is 2. The summed E-state index contributed by atoms with van der Waals surface area (Å²) in [5.74, 6) is 0.589. The van der Waals surface area contributed by atoms with Gasteiger partial charge in [0.15, 0.2) is 0 Å². The third-order valence-electron chi connectivity index (χ3n) is 6.42. The van der Waals surface area contributed by atoms with Crippen LogP contribution < -0.4 is 5.32 Å². The summed E-state index contributed by atoms with van der Waals surface area (Å²) in [6.07, 6.45) is 8.20. The Bertz CT molecular complexity index is 1170. The topological polar surface area (TPSA) is 94.1 Å². The van der Waals surface area contributed by atoms with E-state index < -0.39 is 6.10 Å². The van der Waals surface area contributed by atoms with Gasteiger partial charge in [0.2, 0.25) is 0 Å². The van der Waals surface area contributed by atoms with E-state index >= 15 is 0 Å². The molecular formula is C27H29FN4O2. The molecule has 34 heavy (non-hydrogen) atoms. The molecule has 0 aliphatic heterocycles. The van der Waals surface area contributed by atoms with Crippen LogP contribution in [-0.2, 0) is 0 Å². The Hall–Kier alpha value is -3.31. The number of nitriles is 1. The van der Waals surface area contributed by atoms with Crippen LogP contribution in [0.1, 0.15) is 54.8 Å². The molecule has 2 atom stereocenters. The molecule has 1 aromatic heterocycles. The second kappa shape index (κ2) is 10.7. The second-order valence-electron chi connectivity index (χ2n) is 8.74. The van der Waals surface area contributed by atoms with E-state index in [1.165, 1.54) is 0 Å². The Morgan fingerprint density at radius 3 is 2.68 bits per heavy atom. The molecule has 1 aliphatic rings. The predicted octanol–water partition coefficient (Wildman–Crippen LogP) is 4.35. The van der Waals surface area contributed by atoms with Crippen molar-refractivity contribution < 1.29 is 14.6 Å². The molecule has 6 nitrogen and oxygen atoms in total. The smallest absolute Gasteiger partial charge is 0.137 e. The summed E-state index contributed by atoms with van der Waals surface area (Å²) in [6, 6.07) is 15.1. The number of nitrogens with zero attached hydrogens (tertiary/aromatic N) is 3. The lowest BCUT2D eigenvalue weighted by Gasteiger charge is -2.36. The van der Waals surface area contributed by atoms with E-state index in [0.29, 0.717) is 29.9 Å².